The highest BCUT2D eigenvalue weighted by atomic mass is 127. The zero-order valence-corrected chi connectivity index (χ0v) is 19.8. The fourth-order valence-electron chi connectivity index (χ4n) is 3.10. The van der Waals surface area contributed by atoms with E-state index in [1.165, 1.54) is 18.4 Å². The van der Waals surface area contributed by atoms with Crippen molar-refractivity contribution in [3.63, 3.8) is 0 Å². The molecule has 0 atom stereocenters. The Bertz CT molecular complexity index is 805. The van der Waals surface area contributed by atoms with E-state index in [1.807, 2.05) is 49.3 Å². The third kappa shape index (κ3) is 5.98. The molecule has 0 amide bonds. The molecule has 1 aliphatic rings. The van der Waals surface area contributed by atoms with Crippen LogP contribution in [0.25, 0.3) is 0 Å². The Hall–Kier alpha value is -1.54. The Morgan fingerprint density at radius 1 is 1.18 bits per heavy atom. The van der Waals surface area contributed by atoms with E-state index in [0.717, 1.165) is 35.6 Å². The largest absolute Gasteiger partial charge is 0.363 e. The normalized spacial score (nSPS) is 14.8. The minimum atomic E-state index is 0. The number of anilines is 1. The van der Waals surface area contributed by atoms with Crippen LogP contribution in [0, 0.1) is 0 Å². The van der Waals surface area contributed by atoms with E-state index in [-0.39, 0.29) is 29.4 Å². The van der Waals surface area contributed by atoms with Crippen LogP contribution in [-0.2, 0) is 12.0 Å². The van der Waals surface area contributed by atoms with Crippen molar-refractivity contribution in [2.45, 2.75) is 31.7 Å². The second-order valence-corrected chi connectivity index (χ2v) is 7.66. The van der Waals surface area contributed by atoms with Crippen molar-refractivity contribution in [1.82, 2.24) is 15.6 Å². The first kappa shape index (κ1) is 22.7. The average molecular weight is 514 g/mol. The van der Waals surface area contributed by atoms with Crippen LogP contribution in [0.1, 0.15) is 31.0 Å². The molecule has 0 spiro atoms. The molecule has 0 radical (unpaired) electrons. The van der Waals surface area contributed by atoms with Crippen molar-refractivity contribution in [1.29, 1.82) is 0 Å². The van der Waals surface area contributed by atoms with Gasteiger partial charge in [0.2, 0.25) is 0 Å². The zero-order valence-electron chi connectivity index (χ0n) is 16.7. The summed E-state index contributed by atoms with van der Waals surface area (Å²) in [6, 6.07) is 14.2. The van der Waals surface area contributed by atoms with Crippen LogP contribution in [0.5, 0.6) is 0 Å². The second kappa shape index (κ2) is 10.3. The summed E-state index contributed by atoms with van der Waals surface area (Å²) in [6.07, 6.45) is 2.35. The number of hydrogen-bond acceptors (Lipinski definition) is 3. The average Bonchev–Trinajstić information content (AvgIpc) is 3.45. The first-order chi connectivity index (χ1) is 13.0. The van der Waals surface area contributed by atoms with Gasteiger partial charge in [0.1, 0.15) is 5.82 Å². The van der Waals surface area contributed by atoms with Gasteiger partial charge in [-0.2, -0.15) is 0 Å². The van der Waals surface area contributed by atoms with Gasteiger partial charge in [0, 0.05) is 37.6 Å². The van der Waals surface area contributed by atoms with Gasteiger partial charge in [0.25, 0.3) is 0 Å². The second-order valence-electron chi connectivity index (χ2n) is 7.22. The fourth-order valence-corrected chi connectivity index (χ4v) is 3.29. The first-order valence-corrected chi connectivity index (χ1v) is 9.82. The maximum absolute atomic E-state index is 6.18. The van der Waals surface area contributed by atoms with Crippen LogP contribution in [-0.4, -0.2) is 38.1 Å². The lowest BCUT2D eigenvalue weighted by atomic mass is 9.96. The summed E-state index contributed by atoms with van der Waals surface area (Å²) in [5.74, 6) is 1.77. The molecule has 3 rings (SSSR count). The highest BCUT2D eigenvalue weighted by Gasteiger charge is 2.44. The van der Waals surface area contributed by atoms with Crippen LogP contribution in [0.4, 0.5) is 5.82 Å². The molecule has 1 aromatic carbocycles. The van der Waals surface area contributed by atoms with Gasteiger partial charge >= 0.3 is 0 Å². The van der Waals surface area contributed by atoms with Gasteiger partial charge in [-0.1, -0.05) is 29.8 Å². The van der Waals surface area contributed by atoms with Crippen molar-refractivity contribution in [2.24, 2.45) is 4.99 Å². The summed E-state index contributed by atoms with van der Waals surface area (Å²) in [5, 5.41) is 7.63. The zero-order chi connectivity index (χ0) is 19.3. The van der Waals surface area contributed by atoms with Crippen molar-refractivity contribution in [3.8, 4) is 0 Å². The third-order valence-corrected chi connectivity index (χ3v) is 5.11. The number of halogens is 2. The molecular formula is C21H29ClIN5. The summed E-state index contributed by atoms with van der Waals surface area (Å²) in [4.78, 5) is 11.3. The number of hydrogen-bond donors (Lipinski definition) is 2. The van der Waals surface area contributed by atoms with Gasteiger partial charge < -0.3 is 15.5 Å². The molecule has 152 valence electrons. The molecular weight excluding hydrogens is 485 g/mol. The predicted molar refractivity (Wildman–Crippen MR) is 129 cm³/mol. The molecule has 0 aliphatic heterocycles. The minimum absolute atomic E-state index is 0. The molecule has 1 heterocycles. The molecule has 1 aromatic heterocycles. The van der Waals surface area contributed by atoms with E-state index in [2.05, 4.69) is 34.7 Å². The summed E-state index contributed by atoms with van der Waals surface area (Å²) in [6.45, 7) is 4.29. The fraction of sp³-hybridized carbons (Fsp3) is 0.429. The number of nitrogens with one attached hydrogen (secondary N) is 2. The molecule has 2 aromatic rings. The highest BCUT2D eigenvalue weighted by molar-refractivity contribution is 14.0. The lowest BCUT2D eigenvalue weighted by Crippen LogP contribution is -2.41. The summed E-state index contributed by atoms with van der Waals surface area (Å²) < 4.78 is 0. The first-order valence-electron chi connectivity index (χ1n) is 9.44. The Balaban J connectivity index is 0.00000280. The molecule has 2 N–H and O–H groups in total. The van der Waals surface area contributed by atoms with Gasteiger partial charge in [-0.25, -0.2) is 9.98 Å². The van der Waals surface area contributed by atoms with Gasteiger partial charge in [0.05, 0.1) is 12.2 Å². The van der Waals surface area contributed by atoms with Crippen LogP contribution in [0.3, 0.4) is 0 Å². The van der Waals surface area contributed by atoms with Crippen molar-refractivity contribution in [3.05, 3.63) is 58.7 Å². The lowest BCUT2D eigenvalue weighted by Gasteiger charge is -2.19. The Kier molecular flexibility index (Phi) is 8.37. The third-order valence-electron chi connectivity index (χ3n) is 4.88. The molecule has 1 saturated carbocycles. The van der Waals surface area contributed by atoms with E-state index in [9.17, 15) is 0 Å². The molecule has 1 fully saturated rings. The Labute approximate surface area is 190 Å². The van der Waals surface area contributed by atoms with E-state index in [0.29, 0.717) is 6.54 Å². The number of nitrogens with zero attached hydrogens (tertiary/aromatic N) is 3. The predicted octanol–water partition coefficient (Wildman–Crippen LogP) is 4.21. The van der Waals surface area contributed by atoms with Crippen LogP contribution >= 0.6 is 35.6 Å². The van der Waals surface area contributed by atoms with E-state index in [1.54, 1.807) is 0 Å². The standard InChI is InChI=1S/C21H28ClN5.HI/c1-4-23-20(24-14-18-9-6-10-19(26-18)27(2)3)25-15-21(11-12-21)16-7-5-8-17(22)13-16;/h5-10,13H,4,11-12,14-15H2,1-3H3,(H2,23,24,25);1H. The molecule has 0 bridgehead atoms. The van der Waals surface area contributed by atoms with E-state index in [4.69, 9.17) is 16.6 Å². The minimum Gasteiger partial charge on any atom is -0.363 e. The van der Waals surface area contributed by atoms with E-state index >= 15 is 0 Å². The quantitative estimate of drug-likeness (QED) is 0.331. The van der Waals surface area contributed by atoms with Crippen molar-refractivity contribution < 1.29 is 0 Å². The topological polar surface area (TPSA) is 52.6 Å². The van der Waals surface area contributed by atoms with Crippen molar-refractivity contribution in [2.75, 3.05) is 32.1 Å². The molecule has 5 nitrogen and oxygen atoms in total. The lowest BCUT2D eigenvalue weighted by molar-refractivity contribution is 0.645. The number of aromatic nitrogens is 1. The van der Waals surface area contributed by atoms with Crippen LogP contribution in [0.2, 0.25) is 5.02 Å². The molecule has 0 unspecified atom stereocenters. The SMILES string of the molecule is CCNC(=NCc1cccc(N(C)C)n1)NCC1(c2cccc(Cl)c2)CC1.I. The monoisotopic (exact) mass is 513 g/mol. The number of guanidine groups is 1. The summed E-state index contributed by atoms with van der Waals surface area (Å²) in [7, 11) is 3.98. The van der Waals surface area contributed by atoms with Gasteiger partial charge in [-0.15, -0.1) is 24.0 Å². The van der Waals surface area contributed by atoms with Crippen molar-refractivity contribution >= 4 is 47.4 Å². The Morgan fingerprint density at radius 3 is 2.57 bits per heavy atom. The molecule has 28 heavy (non-hydrogen) atoms. The smallest absolute Gasteiger partial charge is 0.191 e. The number of rotatable bonds is 7. The van der Waals surface area contributed by atoms with Crippen LogP contribution in [0.15, 0.2) is 47.5 Å². The molecule has 0 saturated heterocycles. The van der Waals surface area contributed by atoms with Gasteiger partial charge in [0.15, 0.2) is 5.96 Å². The van der Waals surface area contributed by atoms with Gasteiger partial charge in [-0.05, 0) is 49.6 Å². The van der Waals surface area contributed by atoms with Crippen LogP contribution < -0.4 is 15.5 Å². The maximum Gasteiger partial charge on any atom is 0.191 e. The van der Waals surface area contributed by atoms with Gasteiger partial charge in [-0.3, -0.25) is 0 Å². The Morgan fingerprint density at radius 2 is 1.93 bits per heavy atom. The maximum atomic E-state index is 6.18. The molecule has 1 aliphatic carbocycles. The number of benzene rings is 1. The van der Waals surface area contributed by atoms with E-state index < -0.39 is 0 Å². The summed E-state index contributed by atoms with van der Waals surface area (Å²) >= 11 is 6.18. The highest BCUT2D eigenvalue weighted by Crippen LogP contribution is 2.48. The molecule has 7 heteroatoms. The number of pyridine rings is 1. The number of aliphatic imine (C=N–C) groups is 1. The summed E-state index contributed by atoms with van der Waals surface area (Å²) in [5.41, 5.74) is 2.43.